The molecule has 0 radical (unpaired) electrons. The van der Waals surface area contributed by atoms with Crippen LogP contribution in [0.4, 0.5) is 18.0 Å². The lowest BCUT2D eigenvalue weighted by atomic mass is 9.85. The van der Waals surface area contributed by atoms with E-state index in [4.69, 9.17) is 0 Å². The lowest BCUT2D eigenvalue weighted by molar-refractivity contribution is -0.138. The molecule has 2 aromatic rings. The number of urea groups is 1. The number of halogens is 3. The zero-order chi connectivity index (χ0) is 25.2. The van der Waals surface area contributed by atoms with Crippen molar-refractivity contribution >= 4 is 11.9 Å². The van der Waals surface area contributed by atoms with Gasteiger partial charge in [0.05, 0.1) is 12.1 Å². The Balaban J connectivity index is 1.53. The molecule has 3 amide bonds. The zero-order valence-corrected chi connectivity index (χ0v) is 20.1. The molecule has 0 aliphatic carbocycles. The van der Waals surface area contributed by atoms with Crippen molar-refractivity contribution in [2.24, 2.45) is 5.92 Å². The van der Waals surface area contributed by atoms with Crippen LogP contribution in [-0.2, 0) is 24.1 Å². The predicted octanol–water partition coefficient (Wildman–Crippen LogP) is 4.95. The van der Waals surface area contributed by atoms with Gasteiger partial charge in [0.1, 0.15) is 5.54 Å². The van der Waals surface area contributed by atoms with Gasteiger partial charge in [0, 0.05) is 38.6 Å². The summed E-state index contributed by atoms with van der Waals surface area (Å²) in [6.45, 7) is 5.80. The molecule has 0 atom stereocenters. The van der Waals surface area contributed by atoms with Gasteiger partial charge in [0.2, 0.25) is 0 Å². The zero-order valence-electron chi connectivity index (χ0n) is 20.1. The van der Waals surface area contributed by atoms with Gasteiger partial charge < -0.3 is 4.90 Å². The lowest BCUT2D eigenvalue weighted by Crippen LogP contribution is -2.56. The third-order valence-corrected chi connectivity index (χ3v) is 7.02. The third-order valence-electron chi connectivity index (χ3n) is 7.02. The van der Waals surface area contributed by atoms with E-state index in [1.807, 2.05) is 11.0 Å². The molecule has 0 bridgehead atoms. The summed E-state index contributed by atoms with van der Waals surface area (Å²) in [5.41, 5.74) is -0.585. The molecule has 1 aromatic carbocycles. The fourth-order valence-corrected chi connectivity index (χ4v) is 5.03. The number of imide groups is 1. The van der Waals surface area contributed by atoms with E-state index in [1.54, 1.807) is 29.4 Å². The van der Waals surface area contributed by atoms with E-state index in [9.17, 15) is 22.8 Å². The highest BCUT2D eigenvalue weighted by Crippen LogP contribution is 2.39. The van der Waals surface area contributed by atoms with Crippen molar-refractivity contribution in [3.05, 3.63) is 65.5 Å². The van der Waals surface area contributed by atoms with Gasteiger partial charge in [-0.2, -0.15) is 13.2 Å². The van der Waals surface area contributed by atoms with E-state index >= 15 is 0 Å². The highest BCUT2D eigenvalue weighted by molar-refractivity contribution is 6.07. The quantitative estimate of drug-likeness (QED) is 0.518. The first-order chi connectivity index (χ1) is 16.6. The van der Waals surface area contributed by atoms with Gasteiger partial charge in [0.15, 0.2) is 0 Å². The lowest BCUT2D eigenvalue weighted by Gasteiger charge is -2.42. The van der Waals surface area contributed by atoms with E-state index in [0.29, 0.717) is 38.4 Å². The molecule has 0 unspecified atom stereocenters. The van der Waals surface area contributed by atoms with Crippen molar-refractivity contribution < 1.29 is 22.8 Å². The van der Waals surface area contributed by atoms with Crippen molar-refractivity contribution in [3.63, 3.8) is 0 Å². The van der Waals surface area contributed by atoms with Crippen LogP contribution in [0.5, 0.6) is 0 Å². The predicted molar refractivity (Wildman–Crippen MR) is 125 cm³/mol. The molecule has 35 heavy (non-hydrogen) atoms. The number of hydrogen-bond acceptors (Lipinski definition) is 4. The Morgan fingerprint density at radius 1 is 1.03 bits per heavy atom. The molecule has 2 aliphatic heterocycles. The summed E-state index contributed by atoms with van der Waals surface area (Å²) < 4.78 is 40.3. The van der Waals surface area contributed by atoms with Crippen LogP contribution < -0.4 is 0 Å². The highest BCUT2D eigenvalue weighted by Gasteiger charge is 2.57. The van der Waals surface area contributed by atoms with Crippen molar-refractivity contribution in [1.29, 1.82) is 0 Å². The van der Waals surface area contributed by atoms with E-state index < -0.39 is 17.3 Å². The van der Waals surface area contributed by atoms with Gasteiger partial charge in [-0.05, 0) is 48.4 Å². The van der Waals surface area contributed by atoms with Crippen LogP contribution in [0.25, 0.3) is 0 Å². The molecule has 1 spiro atoms. The SMILES string of the molecule is CC(C)CCN1C(=O)N(Cc2cccnc2)C(=O)C12CCN(Cc1ccccc1C(F)(F)F)CC2. The standard InChI is InChI=1S/C26H31F3N4O2/c1-19(2)9-13-33-24(35)32(17-20-6-5-12-30-16-20)23(34)25(33)10-14-31(15-11-25)18-21-7-3-4-8-22(21)26(27,28)29/h3-8,12,16,19H,9-11,13-15,17-18H2,1-2H3. The molecule has 188 valence electrons. The average molecular weight is 489 g/mol. The second kappa shape index (κ2) is 9.97. The summed E-state index contributed by atoms with van der Waals surface area (Å²) in [5.74, 6) is 0.145. The normalized spacial score (nSPS) is 18.8. The van der Waals surface area contributed by atoms with Crippen LogP contribution in [0.1, 0.15) is 49.8 Å². The van der Waals surface area contributed by atoms with E-state index in [-0.39, 0.29) is 30.6 Å². The Hall–Kier alpha value is -2.94. The Kier molecular flexibility index (Phi) is 7.17. The van der Waals surface area contributed by atoms with Gasteiger partial charge in [-0.1, -0.05) is 38.1 Å². The molecule has 0 N–H and O–H groups in total. The molecular weight excluding hydrogens is 457 g/mol. The van der Waals surface area contributed by atoms with E-state index in [2.05, 4.69) is 18.8 Å². The largest absolute Gasteiger partial charge is 0.416 e. The number of rotatable bonds is 7. The van der Waals surface area contributed by atoms with Gasteiger partial charge >= 0.3 is 12.2 Å². The molecule has 3 heterocycles. The van der Waals surface area contributed by atoms with Gasteiger partial charge in [-0.25, -0.2) is 4.79 Å². The minimum atomic E-state index is -4.41. The van der Waals surface area contributed by atoms with Crippen LogP contribution in [-0.4, -0.2) is 56.8 Å². The number of piperidine rings is 1. The number of carbonyl (C=O) groups is 2. The summed E-state index contributed by atoms with van der Waals surface area (Å²) in [4.78, 5) is 36.1. The number of amides is 3. The summed E-state index contributed by atoms with van der Waals surface area (Å²) in [6, 6.07) is 8.91. The number of hydrogen-bond donors (Lipinski definition) is 0. The Morgan fingerprint density at radius 2 is 1.74 bits per heavy atom. The third kappa shape index (κ3) is 5.19. The number of likely N-dealkylation sites (tertiary alicyclic amines) is 1. The molecule has 1 aromatic heterocycles. The Morgan fingerprint density at radius 3 is 2.37 bits per heavy atom. The summed E-state index contributed by atoms with van der Waals surface area (Å²) in [7, 11) is 0. The number of pyridine rings is 1. The van der Waals surface area contributed by atoms with Crippen molar-refractivity contribution in [2.75, 3.05) is 19.6 Å². The number of benzene rings is 1. The fraction of sp³-hybridized carbons (Fsp3) is 0.500. The smallest absolute Gasteiger partial charge is 0.309 e. The molecule has 9 heteroatoms. The van der Waals surface area contributed by atoms with Crippen LogP contribution in [0.2, 0.25) is 0 Å². The maximum Gasteiger partial charge on any atom is 0.416 e. The molecule has 2 saturated heterocycles. The summed E-state index contributed by atoms with van der Waals surface area (Å²) in [5, 5.41) is 0. The Labute approximate surface area is 203 Å². The van der Waals surface area contributed by atoms with Gasteiger partial charge in [0.25, 0.3) is 5.91 Å². The van der Waals surface area contributed by atoms with Crippen LogP contribution in [0, 0.1) is 5.92 Å². The number of aromatic nitrogens is 1. The Bertz CT molecular complexity index is 1050. The molecule has 2 fully saturated rings. The molecule has 4 rings (SSSR count). The second-order valence-corrected chi connectivity index (χ2v) is 9.83. The topological polar surface area (TPSA) is 56.8 Å². The van der Waals surface area contributed by atoms with E-state index in [1.165, 1.54) is 17.0 Å². The molecule has 2 aliphatic rings. The van der Waals surface area contributed by atoms with Crippen molar-refractivity contribution in [1.82, 2.24) is 19.7 Å². The second-order valence-electron chi connectivity index (χ2n) is 9.83. The maximum atomic E-state index is 13.7. The fourth-order valence-electron chi connectivity index (χ4n) is 5.03. The van der Waals surface area contributed by atoms with Gasteiger partial charge in [-0.15, -0.1) is 0 Å². The van der Waals surface area contributed by atoms with E-state index in [0.717, 1.165) is 18.1 Å². The van der Waals surface area contributed by atoms with Crippen LogP contribution in [0.3, 0.4) is 0 Å². The first-order valence-electron chi connectivity index (χ1n) is 12.0. The minimum Gasteiger partial charge on any atom is -0.309 e. The highest BCUT2D eigenvalue weighted by atomic mass is 19.4. The molecule has 0 saturated carbocycles. The summed E-state index contributed by atoms with van der Waals surface area (Å²) in [6.07, 6.45) is 0.428. The van der Waals surface area contributed by atoms with Crippen molar-refractivity contribution in [2.45, 2.75) is 57.9 Å². The molecular formula is C26H31F3N4O2. The van der Waals surface area contributed by atoms with Crippen LogP contribution >= 0.6 is 0 Å². The number of carbonyl (C=O) groups excluding carboxylic acids is 2. The average Bonchev–Trinajstić information content (AvgIpc) is 3.00. The first-order valence-corrected chi connectivity index (χ1v) is 12.0. The first kappa shape index (κ1) is 25.2. The monoisotopic (exact) mass is 488 g/mol. The van der Waals surface area contributed by atoms with Crippen LogP contribution in [0.15, 0.2) is 48.8 Å². The number of alkyl halides is 3. The maximum absolute atomic E-state index is 13.7. The van der Waals surface area contributed by atoms with Gasteiger partial charge in [-0.3, -0.25) is 19.6 Å². The minimum absolute atomic E-state index is 0.152. The molecule has 6 nitrogen and oxygen atoms in total. The summed E-state index contributed by atoms with van der Waals surface area (Å²) >= 11 is 0. The van der Waals surface area contributed by atoms with Crippen molar-refractivity contribution in [3.8, 4) is 0 Å². The number of nitrogens with zero attached hydrogens (tertiary/aromatic N) is 4.